The zero-order chi connectivity index (χ0) is 18.4. The average Bonchev–Trinajstić information content (AvgIpc) is 2.94. The number of thioether (sulfide) groups is 1. The molecule has 5 rings (SSSR count). The summed E-state index contributed by atoms with van der Waals surface area (Å²) in [7, 11) is 0. The van der Waals surface area contributed by atoms with Crippen molar-refractivity contribution in [3.63, 3.8) is 0 Å². The lowest BCUT2D eigenvalue weighted by atomic mass is 10.1. The van der Waals surface area contributed by atoms with Gasteiger partial charge in [-0.25, -0.2) is 0 Å². The van der Waals surface area contributed by atoms with Gasteiger partial charge in [-0.05, 0) is 25.3 Å². The van der Waals surface area contributed by atoms with Crippen LogP contribution in [0.25, 0.3) is 22.2 Å². The predicted molar refractivity (Wildman–Crippen MR) is 107 cm³/mol. The molecule has 3 heterocycles. The number of anilines is 1. The van der Waals surface area contributed by atoms with Crippen molar-refractivity contribution in [1.29, 1.82) is 0 Å². The number of fused-ring (bicyclic) bond motifs is 4. The highest BCUT2D eigenvalue weighted by molar-refractivity contribution is 7.98. The fraction of sp³-hybridized carbons (Fsp3) is 0.150. The molecule has 27 heavy (non-hydrogen) atoms. The van der Waals surface area contributed by atoms with Crippen molar-refractivity contribution in [3.8, 4) is 17.1 Å². The van der Waals surface area contributed by atoms with Crippen LogP contribution in [0.5, 0.6) is 5.88 Å². The number of benzene rings is 2. The second kappa shape index (κ2) is 6.28. The van der Waals surface area contributed by atoms with E-state index in [2.05, 4.69) is 44.5 Å². The lowest BCUT2D eigenvalue weighted by molar-refractivity contribution is 0.226. The summed E-state index contributed by atoms with van der Waals surface area (Å²) in [5, 5.41) is 13.8. The molecule has 134 valence electrons. The number of hydrogen-bond acceptors (Lipinski definition) is 6. The van der Waals surface area contributed by atoms with Crippen molar-refractivity contribution in [2.24, 2.45) is 0 Å². The number of aromatic amines is 1. The molecule has 2 aromatic carbocycles. The Labute approximate surface area is 160 Å². The molecule has 0 spiro atoms. The number of H-pyrrole nitrogens is 1. The normalized spacial score (nSPS) is 15.4. The van der Waals surface area contributed by atoms with E-state index in [-0.39, 0.29) is 0 Å². The predicted octanol–water partition coefficient (Wildman–Crippen LogP) is 4.55. The maximum Gasteiger partial charge on any atom is 0.247 e. The molecule has 0 saturated heterocycles. The van der Waals surface area contributed by atoms with Gasteiger partial charge in [0.1, 0.15) is 0 Å². The van der Waals surface area contributed by atoms with Gasteiger partial charge in [-0.15, -0.1) is 10.2 Å². The summed E-state index contributed by atoms with van der Waals surface area (Å²) in [6.45, 7) is 2.06. The Kier molecular flexibility index (Phi) is 3.75. The van der Waals surface area contributed by atoms with Crippen LogP contribution in [0.1, 0.15) is 17.5 Å². The number of hydrogen-bond donors (Lipinski definition) is 2. The van der Waals surface area contributed by atoms with Crippen molar-refractivity contribution < 1.29 is 4.74 Å². The number of aromatic nitrogens is 4. The molecule has 1 aliphatic heterocycles. The lowest BCUT2D eigenvalue weighted by Gasteiger charge is -2.19. The third-order valence-corrected chi connectivity index (χ3v) is 5.26. The Morgan fingerprint density at radius 3 is 2.74 bits per heavy atom. The van der Waals surface area contributed by atoms with E-state index in [1.807, 2.05) is 42.7 Å². The molecule has 0 bridgehead atoms. The van der Waals surface area contributed by atoms with E-state index in [0.29, 0.717) is 16.7 Å². The van der Waals surface area contributed by atoms with Crippen molar-refractivity contribution in [2.45, 2.75) is 18.3 Å². The van der Waals surface area contributed by atoms with Gasteiger partial charge in [0.25, 0.3) is 0 Å². The molecule has 7 heteroatoms. The number of rotatable bonds is 2. The number of nitrogens with zero attached hydrogens (tertiary/aromatic N) is 3. The molecule has 6 nitrogen and oxygen atoms in total. The minimum atomic E-state index is -0.394. The van der Waals surface area contributed by atoms with Crippen molar-refractivity contribution >= 4 is 28.4 Å². The molecule has 0 saturated carbocycles. The maximum absolute atomic E-state index is 6.36. The van der Waals surface area contributed by atoms with Crippen molar-refractivity contribution in [2.75, 3.05) is 11.6 Å². The lowest BCUT2D eigenvalue weighted by Crippen LogP contribution is -2.17. The van der Waals surface area contributed by atoms with Gasteiger partial charge in [0, 0.05) is 33.4 Å². The summed E-state index contributed by atoms with van der Waals surface area (Å²) in [4.78, 5) is 8.02. The van der Waals surface area contributed by atoms with Gasteiger partial charge in [0.2, 0.25) is 17.3 Å². The summed E-state index contributed by atoms with van der Waals surface area (Å²) >= 11 is 1.44. The fourth-order valence-corrected chi connectivity index (χ4v) is 3.80. The van der Waals surface area contributed by atoms with Crippen LogP contribution in [0.15, 0.2) is 53.7 Å². The summed E-state index contributed by atoms with van der Waals surface area (Å²) in [5.74, 6) is 0.487. The number of nitrogens with one attached hydrogen (secondary N) is 2. The topological polar surface area (TPSA) is 75.7 Å². The third-order valence-electron chi connectivity index (χ3n) is 4.72. The van der Waals surface area contributed by atoms with Gasteiger partial charge < -0.3 is 15.0 Å². The van der Waals surface area contributed by atoms with Gasteiger partial charge in [-0.3, -0.25) is 0 Å². The van der Waals surface area contributed by atoms with E-state index >= 15 is 0 Å². The van der Waals surface area contributed by atoms with Crippen LogP contribution in [0.4, 0.5) is 5.69 Å². The van der Waals surface area contributed by atoms with Crippen LogP contribution in [0.2, 0.25) is 0 Å². The standard InChI is InChI=1S/C20H17N5OS/c1-11-16(12-7-3-5-9-14(12)21-11)18-22-15-10-6-4-8-13(15)17-19(26-18)23-20(27-2)25-24-17/h3-10,18,21-22H,1-2H3. The van der Waals surface area contributed by atoms with E-state index in [0.717, 1.165) is 33.4 Å². The van der Waals surface area contributed by atoms with Gasteiger partial charge >= 0.3 is 0 Å². The maximum atomic E-state index is 6.36. The zero-order valence-corrected chi connectivity index (χ0v) is 15.7. The van der Waals surface area contributed by atoms with Crippen LogP contribution in [-0.2, 0) is 0 Å². The smallest absolute Gasteiger partial charge is 0.247 e. The van der Waals surface area contributed by atoms with E-state index < -0.39 is 6.23 Å². The first-order valence-corrected chi connectivity index (χ1v) is 9.85. The first kappa shape index (κ1) is 16.1. The Morgan fingerprint density at radius 1 is 1.04 bits per heavy atom. The number of aryl methyl sites for hydroxylation is 1. The van der Waals surface area contributed by atoms with Crippen LogP contribution in [0, 0.1) is 6.92 Å². The molecule has 1 atom stereocenters. The Hall–Kier alpha value is -3.06. The highest BCUT2D eigenvalue weighted by Crippen LogP contribution is 2.41. The van der Waals surface area contributed by atoms with Gasteiger partial charge in [0.15, 0.2) is 5.69 Å². The van der Waals surface area contributed by atoms with Crippen molar-refractivity contribution in [3.05, 3.63) is 59.8 Å². The molecule has 2 N–H and O–H groups in total. The molecule has 0 radical (unpaired) electrons. The zero-order valence-electron chi connectivity index (χ0n) is 14.9. The van der Waals surface area contributed by atoms with Gasteiger partial charge in [-0.1, -0.05) is 48.2 Å². The highest BCUT2D eigenvalue weighted by atomic mass is 32.2. The molecule has 2 aromatic heterocycles. The molecule has 1 aliphatic rings. The fourth-order valence-electron chi connectivity index (χ4n) is 3.50. The Bertz CT molecular complexity index is 1160. The monoisotopic (exact) mass is 375 g/mol. The van der Waals surface area contributed by atoms with Gasteiger partial charge in [-0.2, -0.15) is 4.98 Å². The first-order chi connectivity index (χ1) is 13.2. The molecule has 1 unspecified atom stereocenters. The highest BCUT2D eigenvalue weighted by Gasteiger charge is 2.28. The molecule has 4 aromatic rings. The summed E-state index contributed by atoms with van der Waals surface area (Å²) in [5.41, 5.74) is 5.73. The second-order valence-electron chi connectivity index (χ2n) is 6.35. The largest absolute Gasteiger partial charge is 0.448 e. The number of para-hydroxylation sites is 2. The van der Waals surface area contributed by atoms with Crippen LogP contribution in [-0.4, -0.2) is 26.4 Å². The van der Waals surface area contributed by atoms with E-state index in [1.54, 1.807) is 0 Å². The Morgan fingerprint density at radius 2 is 1.85 bits per heavy atom. The molecule has 0 aliphatic carbocycles. The van der Waals surface area contributed by atoms with E-state index in [1.165, 1.54) is 11.8 Å². The van der Waals surface area contributed by atoms with Crippen LogP contribution >= 0.6 is 11.8 Å². The minimum absolute atomic E-state index is 0.394. The SMILES string of the molecule is CSc1nnc2c(n1)OC(c1c(C)[nH]c3ccccc13)Nc1ccccc1-2. The van der Waals surface area contributed by atoms with Gasteiger partial charge in [0.05, 0.1) is 0 Å². The quantitative estimate of drug-likeness (QED) is 0.501. The first-order valence-electron chi connectivity index (χ1n) is 8.63. The second-order valence-corrected chi connectivity index (χ2v) is 7.12. The molecule has 0 amide bonds. The molecular formula is C20H17N5OS. The Balaban J connectivity index is 1.72. The van der Waals surface area contributed by atoms with E-state index in [4.69, 9.17) is 4.74 Å². The summed E-state index contributed by atoms with van der Waals surface area (Å²) in [6.07, 6.45) is 1.53. The molecular weight excluding hydrogens is 358 g/mol. The summed E-state index contributed by atoms with van der Waals surface area (Å²) < 4.78 is 6.36. The minimum Gasteiger partial charge on any atom is -0.448 e. The summed E-state index contributed by atoms with van der Waals surface area (Å²) in [6, 6.07) is 16.2. The van der Waals surface area contributed by atoms with Crippen molar-refractivity contribution in [1.82, 2.24) is 20.2 Å². The molecule has 0 fully saturated rings. The van der Waals surface area contributed by atoms with Crippen LogP contribution in [0.3, 0.4) is 0 Å². The average molecular weight is 375 g/mol. The third kappa shape index (κ3) is 2.62. The van der Waals surface area contributed by atoms with Crippen LogP contribution < -0.4 is 10.1 Å². The number of ether oxygens (including phenoxy) is 1. The van der Waals surface area contributed by atoms with E-state index in [9.17, 15) is 0 Å².